The summed E-state index contributed by atoms with van der Waals surface area (Å²) in [6.45, 7) is 7.83. The van der Waals surface area contributed by atoms with Gasteiger partial charge in [0.05, 0.1) is 0 Å². The second-order valence-electron chi connectivity index (χ2n) is 5.79. The Morgan fingerprint density at radius 1 is 1.29 bits per heavy atom. The summed E-state index contributed by atoms with van der Waals surface area (Å²) in [7, 11) is 2.27. The molecular weight excluding hydrogens is 230 g/mol. The van der Waals surface area contributed by atoms with Crippen LogP contribution in [0.2, 0.25) is 0 Å². The maximum Gasteiger partial charge on any atom is 0.169 e. The van der Waals surface area contributed by atoms with E-state index in [0.717, 1.165) is 30.2 Å². The highest BCUT2D eigenvalue weighted by Gasteiger charge is 2.34. The van der Waals surface area contributed by atoms with Crippen molar-refractivity contribution in [1.29, 1.82) is 0 Å². The van der Waals surface area contributed by atoms with Crippen molar-refractivity contribution in [2.45, 2.75) is 45.2 Å². The van der Waals surface area contributed by atoms with E-state index in [2.05, 4.69) is 36.0 Å². The average molecular weight is 255 g/mol. The normalized spacial score (nSPS) is 30.2. The van der Waals surface area contributed by atoms with Gasteiger partial charge in [-0.25, -0.2) is 0 Å². The quantitative estimate of drug-likeness (QED) is 0.718. The molecule has 3 nitrogen and oxygen atoms in total. The molecule has 4 heteroatoms. The largest absolute Gasteiger partial charge is 0.360 e. The Hall–Kier alpha value is -0.350. The van der Waals surface area contributed by atoms with Gasteiger partial charge in [-0.2, -0.15) is 0 Å². The lowest BCUT2D eigenvalue weighted by molar-refractivity contribution is 0.0628. The number of hydrogen-bond acceptors (Lipinski definition) is 2. The number of rotatable bonds is 1. The van der Waals surface area contributed by atoms with Crippen LogP contribution in [0.5, 0.6) is 0 Å². The molecule has 0 aliphatic carbocycles. The number of piperidine rings is 2. The Kier molecular flexibility index (Phi) is 4.26. The van der Waals surface area contributed by atoms with E-state index in [1.165, 1.54) is 25.8 Å². The van der Waals surface area contributed by atoms with Crippen molar-refractivity contribution >= 4 is 17.3 Å². The van der Waals surface area contributed by atoms with Crippen LogP contribution in [0.4, 0.5) is 0 Å². The maximum absolute atomic E-state index is 5.47. The summed E-state index contributed by atoms with van der Waals surface area (Å²) in [5, 5.41) is 4.31. The van der Waals surface area contributed by atoms with Crippen molar-refractivity contribution in [3.8, 4) is 0 Å². The number of thiocarbonyl (C=S) groups is 1. The summed E-state index contributed by atoms with van der Waals surface area (Å²) < 4.78 is 0. The van der Waals surface area contributed by atoms with E-state index in [-0.39, 0.29) is 0 Å². The maximum atomic E-state index is 5.47. The highest BCUT2D eigenvalue weighted by atomic mass is 32.1. The van der Waals surface area contributed by atoms with Crippen LogP contribution < -0.4 is 5.32 Å². The molecule has 2 atom stereocenters. The van der Waals surface area contributed by atoms with Gasteiger partial charge in [0, 0.05) is 25.2 Å². The fourth-order valence-electron chi connectivity index (χ4n) is 3.18. The molecular formula is C13H25N3S. The standard InChI is InChI=1S/C13H25N3S/c1-10(2)14-13(17)16-8-6-12-11(9-16)5-4-7-15(12)3/h10-12H,4-9H2,1-3H3,(H,14,17). The minimum atomic E-state index is 0.439. The molecule has 0 saturated carbocycles. The minimum absolute atomic E-state index is 0.439. The van der Waals surface area contributed by atoms with Crippen molar-refractivity contribution in [1.82, 2.24) is 15.1 Å². The van der Waals surface area contributed by atoms with Crippen LogP contribution in [-0.4, -0.2) is 53.7 Å². The average Bonchev–Trinajstić information content (AvgIpc) is 2.28. The van der Waals surface area contributed by atoms with Gasteiger partial charge in [-0.05, 0) is 64.8 Å². The molecule has 0 bridgehead atoms. The van der Waals surface area contributed by atoms with E-state index in [4.69, 9.17) is 12.2 Å². The van der Waals surface area contributed by atoms with Crippen molar-refractivity contribution < 1.29 is 0 Å². The lowest BCUT2D eigenvalue weighted by Crippen LogP contribution is -2.56. The molecule has 2 unspecified atom stereocenters. The summed E-state index contributed by atoms with van der Waals surface area (Å²) in [6, 6.07) is 1.23. The molecule has 17 heavy (non-hydrogen) atoms. The molecule has 0 aromatic rings. The monoisotopic (exact) mass is 255 g/mol. The van der Waals surface area contributed by atoms with Gasteiger partial charge in [0.25, 0.3) is 0 Å². The van der Waals surface area contributed by atoms with Gasteiger partial charge in [-0.1, -0.05) is 0 Å². The molecule has 2 aliphatic rings. The molecule has 0 spiro atoms. The van der Waals surface area contributed by atoms with Crippen molar-refractivity contribution in [2.75, 3.05) is 26.7 Å². The molecule has 0 amide bonds. The third kappa shape index (κ3) is 3.10. The third-order valence-electron chi connectivity index (χ3n) is 4.05. The van der Waals surface area contributed by atoms with E-state index in [1.807, 2.05) is 0 Å². The molecule has 2 rings (SSSR count). The molecule has 0 radical (unpaired) electrons. The van der Waals surface area contributed by atoms with Gasteiger partial charge < -0.3 is 15.1 Å². The first-order valence-corrected chi connectivity index (χ1v) is 7.24. The summed E-state index contributed by atoms with van der Waals surface area (Å²) in [4.78, 5) is 4.92. The predicted molar refractivity (Wildman–Crippen MR) is 76.2 cm³/mol. The topological polar surface area (TPSA) is 18.5 Å². The zero-order valence-corrected chi connectivity index (χ0v) is 12.1. The van der Waals surface area contributed by atoms with E-state index < -0.39 is 0 Å². The van der Waals surface area contributed by atoms with E-state index in [9.17, 15) is 0 Å². The summed E-state index contributed by atoms with van der Waals surface area (Å²) in [5.74, 6) is 0.814. The van der Waals surface area contributed by atoms with Crippen LogP contribution in [0.3, 0.4) is 0 Å². The lowest BCUT2D eigenvalue weighted by Gasteiger charge is -2.46. The summed E-state index contributed by atoms with van der Waals surface area (Å²) in [5.41, 5.74) is 0. The molecule has 98 valence electrons. The third-order valence-corrected chi connectivity index (χ3v) is 4.42. The first kappa shape index (κ1) is 13.1. The first-order chi connectivity index (χ1) is 8.08. The van der Waals surface area contributed by atoms with Crippen LogP contribution >= 0.6 is 12.2 Å². The van der Waals surface area contributed by atoms with Crippen LogP contribution in [-0.2, 0) is 0 Å². The highest BCUT2D eigenvalue weighted by Crippen LogP contribution is 2.29. The second kappa shape index (κ2) is 5.53. The van der Waals surface area contributed by atoms with Gasteiger partial charge in [-0.3, -0.25) is 0 Å². The number of hydrogen-bond donors (Lipinski definition) is 1. The number of likely N-dealkylation sites (tertiary alicyclic amines) is 2. The number of nitrogens with one attached hydrogen (secondary N) is 1. The van der Waals surface area contributed by atoms with Gasteiger partial charge in [-0.15, -0.1) is 0 Å². The smallest absolute Gasteiger partial charge is 0.169 e. The van der Waals surface area contributed by atoms with Crippen LogP contribution in [0.1, 0.15) is 33.1 Å². The van der Waals surface area contributed by atoms with Crippen molar-refractivity contribution in [2.24, 2.45) is 5.92 Å². The fraction of sp³-hybridized carbons (Fsp3) is 0.923. The number of nitrogens with zero attached hydrogens (tertiary/aromatic N) is 2. The molecule has 2 saturated heterocycles. The van der Waals surface area contributed by atoms with Crippen molar-refractivity contribution in [3.05, 3.63) is 0 Å². The summed E-state index contributed by atoms with van der Waals surface area (Å²) >= 11 is 5.47. The molecule has 2 fully saturated rings. The molecule has 2 heterocycles. The van der Waals surface area contributed by atoms with Gasteiger partial charge in [0.15, 0.2) is 5.11 Å². The number of fused-ring (bicyclic) bond motifs is 1. The van der Waals surface area contributed by atoms with Gasteiger partial charge in [0.1, 0.15) is 0 Å². The Balaban J connectivity index is 1.91. The Morgan fingerprint density at radius 2 is 2.06 bits per heavy atom. The zero-order chi connectivity index (χ0) is 12.4. The van der Waals surface area contributed by atoms with E-state index in [0.29, 0.717) is 6.04 Å². The van der Waals surface area contributed by atoms with E-state index in [1.54, 1.807) is 0 Å². The Labute approximate surface area is 111 Å². The molecule has 0 aromatic carbocycles. The Bertz CT molecular complexity index is 280. The van der Waals surface area contributed by atoms with Gasteiger partial charge in [0.2, 0.25) is 0 Å². The second-order valence-corrected chi connectivity index (χ2v) is 6.18. The molecule has 1 N–H and O–H groups in total. The van der Waals surface area contributed by atoms with Crippen LogP contribution in [0.15, 0.2) is 0 Å². The SMILES string of the molecule is CC(C)NC(=S)N1CCC2C(CCCN2C)C1. The van der Waals surface area contributed by atoms with Crippen molar-refractivity contribution in [3.63, 3.8) is 0 Å². The van der Waals surface area contributed by atoms with Gasteiger partial charge >= 0.3 is 0 Å². The predicted octanol–water partition coefficient (Wildman–Crippen LogP) is 1.69. The highest BCUT2D eigenvalue weighted by molar-refractivity contribution is 7.80. The lowest BCUT2D eigenvalue weighted by atomic mass is 9.84. The van der Waals surface area contributed by atoms with E-state index >= 15 is 0 Å². The Morgan fingerprint density at radius 3 is 2.76 bits per heavy atom. The first-order valence-electron chi connectivity index (χ1n) is 6.83. The molecule has 0 aromatic heterocycles. The summed E-state index contributed by atoms with van der Waals surface area (Å²) in [6.07, 6.45) is 3.98. The van der Waals surface area contributed by atoms with Crippen LogP contribution in [0, 0.1) is 5.92 Å². The molecule has 2 aliphatic heterocycles. The zero-order valence-electron chi connectivity index (χ0n) is 11.3. The minimum Gasteiger partial charge on any atom is -0.360 e. The fourth-order valence-corrected chi connectivity index (χ4v) is 3.58. The van der Waals surface area contributed by atoms with Crippen LogP contribution in [0.25, 0.3) is 0 Å².